The van der Waals surface area contributed by atoms with Gasteiger partial charge < -0.3 is 16.8 Å². The molecule has 1 unspecified atom stereocenters. The fraction of sp³-hybridized carbons (Fsp3) is 0.333. The number of hydrogen-bond donors (Lipinski definition) is 3. The summed E-state index contributed by atoms with van der Waals surface area (Å²) in [5.74, 6) is -2.31. The number of benzene rings is 2. The molecule has 0 spiro atoms. The van der Waals surface area contributed by atoms with Crippen LogP contribution in [0.4, 0.5) is 15.8 Å². The molecule has 4 rings (SSSR count). The maximum absolute atomic E-state index is 14.0. The summed E-state index contributed by atoms with van der Waals surface area (Å²) in [6.07, 6.45) is 5.65. The SMILES string of the molecule is CCc1ccc(N(C(=O)c2snc(C(N)=O)c2N)C(C(=O)NC2CCCCC2)c2ccc(F)cc2)cc1. The highest BCUT2D eigenvalue weighted by molar-refractivity contribution is 7.09. The summed E-state index contributed by atoms with van der Waals surface area (Å²) < 4.78 is 17.8. The Morgan fingerprint density at radius 2 is 1.73 bits per heavy atom. The Balaban J connectivity index is 1.83. The zero-order valence-corrected chi connectivity index (χ0v) is 21.4. The van der Waals surface area contributed by atoms with Gasteiger partial charge in [0.15, 0.2) is 5.69 Å². The van der Waals surface area contributed by atoms with Crippen molar-refractivity contribution in [1.82, 2.24) is 9.69 Å². The summed E-state index contributed by atoms with van der Waals surface area (Å²) in [5, 5.41) is 3.11. The molecule has 1 aliphatic rings. The lowest BCUT2D eigenvalue weighted by Gasteiger charge is -2.33. The summed E-state index contributed by atoms with van der Waals surface area (Å²) in [6.45, 7) is 2.01. The van der Waals surface area contributed by atoms with Gasteiger partial charge in [-0.15, -0.1) is 0 Å². The van der Waals surface area contributed by atoms with Crippen LogP contribution >= 0.6 is 11.5 Å². The van der Waals surface area contributed by atoms with E-state index in [1.165, 1.54) is 29.2 Å². The maximum Gasteiger partial charge on any atom is 0.273 e. The molecule has 37 heavy (non-hydrogen) atoms. The molecule has 1 saturated carbocycles. The Labute approximate surface area is 219 Å². The van der Waals surface area contributed by atoms with Gasteiger partial charge in [0.2, 0.25) is 5.91 Å². The van der Waals surface area contributed by atoms with Gasteiger partial charge in [-0.3, -0.25) is 19.3 Å². The van der Waals surface area contributed by atoms with Crippen molar-refractivity contribution in [3.8, 4) is 0 Å². The highest BCUT2D eigenvalue weighted by Gasteiger charge is 2.37. The van der Waals surface area contributed by atoms with E-state index in [1.807, 2.05) is 19.1 Å². The van der Waals surface area contributed by atoms with Gasteiger partial charge in [-0.05, 0) is 66.2 Å². The zero-order chi connectivity index (χ0) is 26.5. The molecule has 0 saturated heterocycles. The number of carbonyl (C=O) groups is 3. The van der Waals surface area contributed by atoms with E-state index in [1.54, 1.807) is 12.1 Å². The minimum atomic E-state index is -1.12. The van der Waals surface area contributed by atoms with Crippen LogP contribution in [0.3, 0.4) is 0 Å². The summed E-state index contributed by atoms with van der Waals surface area (Å²) in [6, 6.07) is 11.6. The fourth-order valence-corrected chi connectivity index (χ4v) is 5.35. The van der Waals surface area contributed by atoms with Gasteiger partial charge in [0, 0.05) is 11.7 Å². The van der Waals surface area contributed by atoms with Gasteiger partial charge in [-0.1, -0.05) is 50.5 Å². The monoisotopic (exact) mass is 523 g/mol. The van der Waals surface area contributed by atoms with Crippen molar-refractivity contribution in [2.24, 2.45) is 5.73 Å². The normalized spacial score (nSPS) is 14.6. The summed E-state index contributed by atoms with van der Waals surface area (Å²) in [5.41, 5.74) is 13.1. The molecule has 0 aliphatic heterocycles. The first-order valence-electron chi connectivity index (χ1n) is 12.3. The predicted molar refractivity (Wildman–Crippen MR) is 142 cm³/mol. The number of nitrogen functional groups attached to an aromatic ring is 1. The van der Waals surface area contributed by atoms with Crippen LogP contribution in [0, 0.1) is 5.82 Å². The van der Waals surface area contributed by atoms with Crippen molar-refractivity contribution in [2.75, 3.05) is 10.6 Å². The third kappa shape index (κ3) is 5.80. The first kappa shape index (κ1) is 26.3. The highest BCUT2D eigenvalue weighted by atomic mass is 32.1. The van der Waals surface area contributed by atoms with E-state index in [-0.39, 0.29) is 28.2 Å². The van der Waals surface area contributed by atoms with E-state index in [4.69, 9.17) is 11.5 Å². The molecule has 1 heterocycles. The lowest BCUT2D eigenvalue weighted by atomic mass is 9.94. The average molecular weight is 524 g/mol. The van der Waals surface area contributed by atoms with Crippen LogP contribution in [0.25, 0.3) is 0 Å². The number of rotatable bonds is 8. The molecule has 3 aromatic rings. The Bertz CT molecular complexity index is 1270. The average Bonchev–Trinajstić information content (AvgIpc) is 3.29. The van der Waals surface area contributed by atoms with Crippen molar-refractivity contribution in [3.63, 3.8) is 0 Å². The van der Waals surface area contributed by atoms with Crippen LogP contribution < -0.4 is 21.7 Å². The minimum Gasteiger partial charge on any atom is -0.395 e. The molecule has 3 amide bonds. The molecule has 1 atom stereocenters. The third-order valence-electron chi connectivity index (χ3n) is 6.64. The van der Waals surface area contributed by atoms with Crippen LogP contribution in [-0.4, -0.2) is 28.1 Å². The number of aromatic nitrogens is 1. The number of hydrogen-bond acceptors (Lipinski definition) is 6. The van der Waals surface area contributed by atoms with Gasteiger partial charge in [0.05, 0.1) is 5.69 Å². The Morgan fingerprint density at radius 3 is 2.30 bits per heavy atom. The number of nitrogens with one attached hydrogen (secondary N) is 1. The van der Waals surface area contributed by atoms with Crippen molar-refractivity contribution < 1.29 is 18.8 Å². The van der Waals surface area contributed by atoms with E-state index in [0.717, 1.165) is 55.6 Å². The summed E-state index contributed by atoms with van der Waals surface area (Å²) in [7, 11) is 0. The van der Waals surface area contributed by atoms with Gasteiger partial charge in [-0.2, -0.15) is 4.37 Å². The molecular formula is C27H30FN5O3S. The second-order valence-electron chi connectivity index (χ2n) is 9.13. The smallest absolute Gasteiger partial charge is 0.273 e. The molecule has 10 heteroatoms. The van der Waals surface area contributed by atoms with Crippen LogP contribution in [0.15, 0.2) is 48.5 Å². The molecular weight excluding hydrogens is 493 g/mol. The van der Waals surface area contributed by atoms with Gasteiger partial charge in [-0.25, -0.2) is 4.39 Å². The van der Waals surface area contributed by atoms with Gasteiger partial charge in [0.25, 0.3) is 11.8 Å². The van der Waals surface area contributed by atoms with Crippen LogP contribution in [-0.2, 0) is 11.2 Å². The predicted octanol–water partition coefficient (Wildman–Crippen LogP) is 4.36. The van der Waals surface area contributed by atoms with Crippen molar-refractivity contribution in [2.45, 2.75) is 57.5 Å². The number of anilines is 2. The number of carbonyl (C=O) groups excluding carboxylic acids is 3. The van der Waals surface area contributed by atoms with Crippen molar-refractivity contribution in [3.05, 3.63) is 76.0 Å². The topological polar surface area (TPSA) is 131 Å². The summed E-state index contributed by atoms with van der Waals surface area (Å²) >= 11 is 0.747. The number of amides is 3. The molecule has 0 radical (unpaired) electrons. The lowest BCUT2D eigenvalue weighted by Crippen LogP contribution is -2.47. The zero-order valence-electron chi connectivity index (χ0n) is 20.6. The minimum absolute atomic E-state index is 0.00838. The molecule has 8 nitrogen and oxygen atoms in total. The Hall–Kier alpha value is -3.79. The lowest BCUT2D eigenvalue weighted by molar-refractivity contribution is -0.123. The van der Waals surface area contributed by atoms with E-state index in [2.05, 4.69) is 9.69 Å². The van der Waals surface area contributed by atoms with Crippen LogP contribution in [0.2, 0.25) is 0 Å². The quantitative estimate of drug-likeness (QED) is 0.404. The van der Waals surface area contributed by atoms with E-state index in [9.17, 15) is 18.8 Å². The third-order valence-corrected chi connectivity index (χ3v) is 7.49. The number of halogens is 1. The fourth-order valence-electron chi connectivity index (χ4n) is 4.60. The summed E-state index contributed by atoms with van der Waals surface area (Å²) in [4.78, 5) is 41.0. The number of aryl methyl sites for hydroxylation is 1. The van der Waals surface area contributed by atoms with Gasteiger partial charge in [0.1, 0.15) is 16.7 Å². The maximum atomic E-state index is 14.0. The van der Waals surface area contributed by atoms with Crippen molar-refractivity contribution >= 4 is 40.6 Å². The van der Waals surface area contributed by atoms with Gasteiger partial charge >= 0.3 is 0 Å². The Kier molecular flexibility index (Phi) is 8.17. The first-order valence-corrected chi connectivity index (χ1v) is 13.1. The van der Waals surface area contributed by atoms with Crippen molar-refractivity contribution in [1.29, 1.82) is 0 Å². The molecule has 2 aromatic carbocycles. The van der Waals surface area contributed by atoms with E-state index < -0.39 is 23.7 Å². The largest absolute Gasteiger partial charge is 0.395 e. The number of nitrogens with zero attached hydrogens (tertiary/aromatic N) is 2. The second-order valence-corrected chi connectivity index (χ2v) is 9.90. The van der Waals surface area contributed by atoms with Crippen LogP contribution in [0.5, 0.6) is 0 Å². The Morgan fingerprint density at radius 1 is 1.08 bits per heavy atom. The standard InChI is InChI=1S/C27H30FN5O3S/c1-2-16-8-14-20(15-9-16)33(27(36)24-21(29)22(25(30)34)32-37-24)23(17-10-12-18(28)13-11-17)26(35)31-19-6-4-3-5-7-19/h8-15,19,23H,2-7,29H2,1H3,(H2,30,34)(H,31,35). The first-order chi connectivity index (χ1) is 17.8. The molecule has 1 fully saturated rings. The second kappa shape index (κ2) is 11.5. The van der Waals surface area contributed by atoms with E-state index >= 15 is 0 Å². The van der Waals surface area contributed by atoms with E-state index in [0.29, 0.717) is 11.3 Å². The van der Waals surface area contributed by atoms with Crippen LogP contribution in [0.1, 0.15) is 76.4 Å². The molecule has 194 valence electrons. The number of nitrogens with two attached hydrogens (primary N) is 2. The molecule has 1 aliphatic carbocycles. The highest BCUT2D eigenvalue weighted by Crippen LogP contribution is 2.34. The molecule has 5 N–H and O–H groups in total. The number of primary amides is 1. The molecule has 1 aromatic heterocycles. The molecule has 0 bridgehead atoms.